The fourth-order valence-corrected chi connectivity index (χ4v) is 2.53. The monoisotopic (exact) mass is 301 g/mol. The first-order valence-electron chi connectivity index (χ1n) is 7.50. The van der Waals surface area contributed by atoms with E-state index < -0.39 is 0 Å². The van der Waals surface area contributed by atoms with Crippen LogP contribution in [-0.4, -0.2) is 34.1 Å². The van der Waals surface area contributed by atoms with Gasteiger partial charge < -0.3 is 14.7 Å². The predicted octanol–water partition coefficient (Wildman–Crippen LogP) is 1.69. The van der Waals surface area contributed by atoms with Crippen LogP contribution in [0.1, 0.15) is 41.2 Å². The second kappa shape index (κ2) is 6.55. The summed E-state index contributed by atoms with van der Waals surface area (Å²) in [6.07, 6.45) is 5.03. The van der Waals surface area contributed by atoms with Crippen molar-refractivity contribution in [2.75, 3.05) is 18.0 Å². The topological polar surface area (TPSA) is 84.2 Å². The van der Waals surface area contributed by atoms with Gasteiger partial charge in [0.15, 0.2) is 0 Å². The van der Waals surface area contributed by atoms with Gasteiger partial charge in [0.1, 0.15) is 29.3 Å². The van der Waals surface area contributed by atoms with Crippen molar-refractivity contribution < 1.29 is 9.32 Å². The van der Waals surface area contributed by atoms with Crippen molar-refractivity contribution in [3.05, 3.63) is 35.6 Å². The van der Waals surface area contributed by atoms with Crippen molar-refractivity contribution in [3.63, 3.8) is 0 Å². The highest BCUT2D eigenvalue weighted by Crippen LogP contribution is 2.17. The Morgan fingerprint density at radius 3 is 2.82 bits per heavy atom. The molecule has 1 N–H and O–H groups in total. The van der Waals surface area contributed by atoms with Crippen molar-refractivity contribution >= 4 is 11.7 Å². The summed E-state index contributed by atoms with van der Waals surface area (Å²) in [4.78, 5) is 22.7. The zero-order chi connectivity index (χ0) is 15.4. The maximum absolute atomic E-state index is 12.2. The van der Waals surface area contributed by atoms with Gasteiger partial charge >= 0.3 is 0 Å². The van der Waals surface area contributed by atoms with Crippen LogP contribution in [0.2, 0.25) is 0 Å². The van der Waals surface area contributed by atoms with E-state index in [2.05, 4.69) is 25.3 Å². The van der Waals surface area contributed by atoms with Crippen LogP contribution in [0.25, 0.3) is 0 Å². The Morgan fingerprint density at radius 1 is 1.27 bits per heavy atom. The highest BCUT2D eigenvalue weighted by atomic mass is 16.5. The minimum Gasteiger partial charge on any atom is -0.361 e. The Labute approximate surface area is 128 Å². The fraction of sp³-hybridized carbons (Fsp3) is 0.467. The van der Waals surface area contributed by atoms with Gasteiger partial charge in [0.2, 0.25) is 0 Å². The number of anilines is 1. The second-order valence-electron chi connectivity index (χ2n) is 5.42. The third-order valence-corrected chi connectivity index (χ3v) is 3.67. The number of piperidine rings is 1. The summed E-state index contributed by atoms with van der Waals surface area (Å²) in [5, 5.41) is 6.63. The molecule has 116 valence electrons. The lowest BCUT2D eigenvalue weighted by Crippen LogP contribution is -2.31. The molecular formula is C15H19N5O2. The second-order valence-corrected chi connectivity index (χ2v) is 5.42. The normalized spacial score (nSPS) is 14.9. The van der Waals surface area contributed by atoms with Gasteiger partial charge in [-0.1, -0.05) is 5.16 Å². The Bertz CT molecular complexity index is 649. The van der Waals surface area contributed by atoms with Crippen LogP contribution in [0.5, 0.6) is 0 Å². The minimum atomic E-state index is -0.235. The molecule has 7 nitrogen and oxygen atoms in total. The molecule has 0 aliphatic carbocycles. The van der Waals surface area contributed by atoms with E-state index in [0.717, 1.165) is 37.5 Å². The van der Waals surface area contributed by atoms with E-state index in [0.29, 0.717) is 17.9 Å². The molecule has 1 amide bonds. The van der Waals surface area contributed by atoms with E-state index in [-0.39, 0.29) is 5.91 Å². The SMILES string of the molecule is Cc1cc(CNC(=O)c2cc(N3CCCCC3)ncn2)no1. The van der Waals surface area contributed by atoms with Crippen LogP contribution >= 0.6 is 0 Å². The van der Waals surface area contributed by atoms with Crippen molar-refractivity contribution in [1.82, 2.24) is 20.4 Å². The van der Waals surface area contributed by atoms with Crippen molar-refractivity contribution in [1.29, 1.82) is 0 Å². The molecule has 3 heterocycles. The van der Waals surface area contributed by atoms with E-state index >= 15 is 0 Å². The molecule has 0 aromatic carbocycles. The first-order valence-corrected chi connectivity index (χ1v) is 7.50. The quantitative estimate of drug-likeness (QED) is 0.925. The number of carbonyl (C=O) groups is 1. The fourth-order valence-electron chi connectivity index (χ4n) is 2.53. The smallest absolute Gasteiger partial charge is 0.270 e. The van der Waals surface area contributed by atoms with E-state index in [9.17, 15) is 4.79 Å². The van der Waals surface area contributed by atoms with Crippen LogP contribution in [0.15, 0.2) is 23.0 Å². The maximum Gasteiger partial charge on any atom is 0.270 e. The molecule has 0 unspecified atom stereocenters. The average molecular weight is 301 g/mol. The number of hydrogen-bond acceptors (Lipinski definition) is 6. The highest BCUT2D eigenvalue weighted by Gasteiger charge is 2.15. The van der Waals surface area contributed by atoms with Crippen LogP contribution in [0, 0.1) is 6.92 Å². The Hall–Kier alpha value is -2.44. The Morgan fingerprint density at radius 2 is 2.09 bits per heavy atom. The average Bonchev–Trinajstić information content (AvgIpc) is 2.99. The minimum absolute atomic E-state index is 0.235. The summed E-state index contributed by atoms with van der Waals surface area (Å²) in [6, 6.07) is 3.54. The lowest BCUT2D eigenvalue weighted by Gasteiger charge is -2.27. The molecule has 0 saturated carbocycles. The number of rotatable bonds is 4. The first kappa shape index (κ1) is 14.5. The van der Waals surface area contributed by atoms with Crippen LogP contribution in [-0.2, 0) is 6.54 Å². The molecule has 2 aromatic rings. The molecule has 0 spiro atoms. The Kier molecular flexibility index (Phi) is 4.32. The van der Waals surface area contributed by atoms with Gasteiger partial charge in [-0.2, -0.15) is 0 Å². The summed E-state index contributed by atoms with van der Waals surface area (Å²) in [6.45, 7) is 4.10. The standard InChI is InChI=1S/C15H19N5O2/c1-11-7-12(19-22-11)9-16-15(21)13-8-14(18-10-17-13)20-5-3-2-4-6-20/h7-8,10H,2-6,9H2,1H3,(H,16,21). The third-order valence-electron chi connectivity index (χ3n) is 3.67. The number of nitrogens with zero attached hydrogens (tertiary/aromatic N) is 4. The summed E-state index contributed by atoms with van der Waals surface area (Å²) in [5.74, 6) is 1.30. The lowest BCUT2D eigenvalue weighted by molar-refractivity contribution is 0.0945. The molecular weight excluding hydrogens is 282 g/mol. The molecule has 1 aliphatic rings. The van der Waals surface area contributed by atoms with Gasteiger partial charge in [-0.15, -0.1) is 0 Å². The lowest BCUT2D eigenvalue weighted by atomic mass is 10.1. The molecule has 1 saturated heterocycles. The summed E-state index contributed by atoms with van der Waals surface area (Å²) in [7, 11) is 0. The molecule has 1 fully saturated rings. The number of carbonyl (C=O) groups excluding carboxylic acids is 1. The van der Waals surface area contributed by atoms with Gasteiger partial charge in [-0.05, 0) is 26.2 Å². The van der Waals surface area contributed by atoms with Gasteiger partial charge in [0, 0.05) is 25.2 Å². The van der Waals surface area contributed by atoms with E-state index in [1.54, 1.807) is 12.1 Å². The summed E-state index contributed by atoms with van der Waals surface area (Å²) < 4.78 is 4.97. The molecule has 7 heteroatoms. The number of nitrogens with one attached hydrogen (secondary N) is 1. The van der Waals surface area contributed by atoms with Gasteiger partial charge in [0.25, 0.3) is 5.91 Å². The van der Waals surface area contributed by atoms with Gasteiger partial charge in [-0.3, -0.25) is 4.79 Å². The molecule has 1 aliphatic heterocycles. The van der Waals surface area contributed by atoms with Gasteiger partial charge in [-0.25, -0.2) is 9.97 Å². The largest absolute Gasteiger partial charge is 0.361 e. The van der Waals surface area contributed by atoms with E-state index in [1.807, 2.05) is 6.92 Å². The van der Waals surface area contributed by atoms with Gasteiger partial charge in [0.05, 0.1) is 6.54 Å². The summed E-state index contributed by atoms with van der Waals surface area (Å²) >= 11 is 0. The number of amides is 1. The molecule has 0 radical (unpaired) electrons. The first-order chi connectivity index (χ1) is 10.7. The number of aryl methyl sites for hydroxylation is 1. The predicted molar refractivity (Wildman–Crippen MR) is 80.5 cm³/mol. The van der Waals surface area contributed by atoms with Crippen LogP contribution < -0.4 is 10.2 Å². The van der Waals surface area contributed by atoms with Crippen molar-refractivity contribution in [3.8, 4) is 0 Å². The Balaban J connectivity index is 1.64. The van der Waals surface area contributed by atoms with E-state index in [4.69, 9.17) is 4.52 Å². The summed E-state index contributed by atoms with van der Waals surface area (Å²) in [5.41, 5.74) is 1.06. The number of hydrogen-bond donors (Lipinski definition) is 1. The zero-order valence-corrected chi connectivity index (χ0v) is 12.6. The van der Waals surface area contributed by atoms with Crippen molar-refractivity contribution in [2.24, 2.45) is 0 Å². The van der Waals surface area contributed by atoms with Crippen LogP contribution in [0.4, 0.5) is 5.82 Å². The molecule has 22 heavy (non-hydrogen) atoms. The molecule has 2 aromatic heterocycles. The molecule has 0 bridgehead atoms. The highest BCUT2D eigenvalue weighted by molar-refractivity contribution is 5.92. The number of aromatic nitrogens is 3. The zero-order valence-electron chi connectivity index (χ0n) is 12.6. The molecule has 3 rings (SSSR count). The molecule has 0 atom stereocenters. The van der Waals surface area contributed by atoms with Crippen molar-refractivity contribution in [2.45, 2.75) is 32.7 Å². The third kappa shape index (κ3) is 3.41. The van der Waals surface area contributed by atoms with E-state index in [1.165, 1.54) is 12.7 Å². The van der Waals surface area contributed by atoms with Crippen LogP contribution in [0.3, 0.4) is 0 Å². The maximum atomic E-state index is 12.2.